The quantitative estimate of drug-likeness (QED) is 0.581. The number of hydrogen-bond acceptors (Lipinski definition) is 6. The van der Waals surface area contributed by atoms with Crippen molar-refractivity contribution in [2.45, 2.75) is 53.1 Å². The van der Waals surface area contributed by atoms with Crippen LogP contribution in [0, 0.1) is 11.8 Å². The summed E-state index contributed by atoms with van der Waals surface area (Å²) in [5.41, 5.74) is 2.80. The van der Waals surface area contributed by atoms with Crippen molar-refractivity contribution in [2.24, 2.45) is 11.8 Å². The molecule has 0 amide bonds. The molecule has 3 atom stereocenters. The van der Waals surface area contributed by atoms with Crippen LogP contribution in [0.1, 0.15) is 56.5 Å². The lowest BCUT2D eigenvalue weighted by Gasteiger charge is -2.37. The lowest BCUT2D eigenvalue weighted by atomic mass is 9.71. The zero-order valence-electron chi connectivity index (χ0n) is 18.1. The predicted molar refractivity (Wildman–Crippen MR) is 112 cm³/mol. The van der Waals surface area contributed by atoms with Gasteiger partial charge in [-0.05, 0) is 40.5 Å². The molecule has 1 aliphatic heterocycles. The van der Waals surface area contributed by atoms with Crippen LogP contribution in [0.2, 0.25) is 0 Å². The number of ketones is 3. The number of fused-ring (bicyclic) bond motifs is 2. The fraction of sp³-hybridized carbons (Fsp3) is 0.458. The summed E-state index contributed by atoms with van der Waals surface area (Å²) in [6.07, 6.45) is 3.58. The monoisotopic (exact) mass is 412 g/mol. The van der Waals surface area contributed by atoms with Crippen molar-refractivity contribution in [1.82, 2.24) is 0 Å². The Labute approximate surface area is 176 Å². The number of hydrogen-bond donors (Lipinski definition) is 1. The fourth-order valence-electron chi connectivity index (χ4n) is 4.12. The SMILES string of the molecule is COc1c(O)cc2c(c1CC=C(C)C)C(=O)C1C(=O)C(CC=C(C)C)C(=O)CC1O2. The summed E-state index contributed by atoms with van der Waals surface area (Å²) in [6, 6.07) is 1.33. The first-order valence-corrected chi connectivity index (χ1v) is 10.1. The molecule has 0 saturated heterocycles. The second-order valence-corrected chi connectivity index (χ2v) is 8.41. The molecular weight excluding hydrogens is 384 g/mol. The van der Waals surface area contributed by atoms with E-state index >= 15 is 0 Å². The molecule has 1 N–H and O–H groups in total. The van der Waals surface area contributed by atoms with E-state index in [2.05, 4.69) is 0 Å². The first-order valence-electron chi connectivity index (χ1n) is 10.1. The van der Waals surface area contributed by atoms with E-state index in [4.69, 9.17) is 9.47 Å². The zero-order chi connectivity index (χ0) is 22.2. The molecule has 2 aliphatic rings. The number of rotatable bonds is 5. The summed E-state index contributed by atoms with van der Waals surface area (Å²) in [5, 5.41) is 10.4. The van der Waals surface area contributed by atoms with Gasteiger partial charge in [0.2, 0.25) is 0 Å². The van der Waals surface area contributed by atoms with E-state index in [-0.39, 0.29) is 46.6 Å². The molecule has 1 aliphatic carbocycles. The molecule has 1 saturated carbocycles. The summed E-state index contributed by atoms with van der Waals surface area (Å²) in [5.74, 6) is -2.56. The maximum absolute atomic E-state index is 13.5. The number of phenolic OH excluding ortho intramolecular Hbond substituents is 1. The highest BCUT2D eigenvalue weighted by molar-refractivity contribution is 6.20. The molecular formula is C24H28O6. The zero-order valence-corrected chi connectivity index (χ0v) is 18.1. The van der Waals surface area contributed by atoms with Crippen LogP contribution >= 0.6 is 0 Å². The van der Waals surface area contributed by atoms with Crippen molar-refractivity contribution >= 4 is 17.3 Å². The number of benzene rings is 1. The Hall–Kier alpha value is -2.89. The summed E-state index contributed by atoms with van der Waals surface area (Å²) < 4.78 is 11.3. The van der Waals surface area contributed by atoms with Crippen LogP contribution in [0.4, 0.5) is 0 Å². The van der Waals surface area contributed by atoms with Crippen LogP contribution < -0.4 is 9.47 Å². The van der Waals surface area contributed by atoms with Crippen LogP contribution in [0.3, 0.4) is 0 Å². The van der Waals surface area contributed by atoms with Gasteiger partial charge in [-0.1, -0.05) is 23.3 Å². The van der Waals surface area contributed by atoms with Gasteiger partial charge in [0.25, 0.3) is 0 Å². The average molecular weight is 412 g/mol. The number of Topliss-reactive ketones (excluding diaryl/α,β-unsaturated/α-hetero) is 3. The van der Waals surface area contributed by atoms with Gasteiger partial charge in [0.05, 0.1) is 18.6 Å². The van der Waals surface area contributed by atoms with Crippen LogP contribution in [-0.2, 0) is 16.0 Å². The van der Waals surface area contributed by atoms with Crippen molar-refractivity contribution in [1.29, 1.82) is 0 Å². The molecule has 6 heteroatoms. The van der Waals surface area contributed by atoms with Gasteiger partial charge in [0.15, 0.2) is 23.1 Å². The maximum atomic E-state index is 13.5. The summed E-state index contributed by atoms with van der Waals surface area (Å²) in [6.45, 7) is 7.67. The van der Waals surface area contributed by atoms with Gasteiger partial charge >= 0.3 is 0 Å². The van der Waals surface area contributed by atoms with E-state index < -0.39 is 17.9 Å². The Morgan fingerprint density at radius 2 is 1.83 bits per heavy atom. The molecule has 1 aromatic rings. The van der Waals surface area contributed by atoms with Crippen molar-refractivity contribution < 1.29 is 29.0 Å². The topological polar surface area (TPSA) is 89.9 Å². The predicted octanol–water partition coefficient (Wildman–Crippen LogP) is 3.98. The Morgan fingerprint density at radius 3 is 2.43 bits per heavy atom. The Kier molecular flexibility index (Phi) is 6.15. The van der Waals surface area contributed by atoms with Crippen LogP contribution in [0.5, 0.6) is 17.2 Å². The second kappa shape index (κ2) is 8.46. The van der Waals surface area contributed by atoms with Gasteiger partial charge < -0.3 is 14.6 Å². The molecule has 1 fully saturated rings. The fourth-order valence-corrected chi connectivity index (χ4v) is 4.12. The molecule has 0 spiro atoms. The highest BCUT2D eigenvalue weighted by atomic mass is 16.5. The third kappa shape index (κ3) is 3.91. The van der Waals surface area contributed by atoms with E-state index in [9.17, 15) is 19.5 Å². The minimum absolute atomic E-state index is 0.00104. The van der Waals surface area contributed by atoms with E-state index in [1.54, 1.807) is 0 Å². The highest BCUT2D eigenvalue weighted by Gasteiger charge is 2.51. The first kappa shape index (κ1) is 21.8. The molecule has 1 aromatic carbocycles. The Bertz CT molecular complexity index is 960. The van der Waals surface area contributed by atoms with Crippen molar-refractivity contribution in [3.63, 3.8) is 0 Å². The molecule has 0 aromatic heterocycles. The second-order valence-electron chi connectivity index (χ2n) is 8.41. The Balaban J connectivity index is 2.08. The lowest BCUT2D eigenvalue weighted by Crippen LogP contribution is -2.52. The van der Waals surface area contributed by atoms with Gasteiger partial charge in [-0.3, -0.25) is 14.4 Å². The molecule has 6 nitrogen and oxygen atoms in total. The van der Waals surface area contributed by atoms with Gasteiger partial charge in [0, 0.05) is 18.1 Å². The summed E-state index contributed by atoms with van der Waals surface area (Å²) in [7, 11) is 1.42. The van der Waals surface area contributed by atoms with Gasteiger partial charge in [-0.2, -0.15) is 0 Å². The molecule has 0 bridgehead atoms. The van der Waals surface area contributed by atoms with Gasteiger partial charge in [0.1, 0.15) is 23.6 Å². The number of allylic oxidation sites excluding steroid dienone is 4. The van der Waals surface area contributed by atoms with Crippen molar-refractivity contribution in [3.8, 4) is 17.2 Å². The number of phenols is 1. The molecule has 160 valence electrons. The third-order valence-electron chi connectivity index (χ3n) is 5.62. The maximum Gasteiger partial charge on any atom is 0.181 e. The minimum Gasteiger partial charge on any atom is -0.504 e. The third-order valence-corrected chi connectivity index (χ3v) is 5.62. The van der Waals surface area contributed by atoms with E-state index in [0.717, 1.165) is 11.1 Å². The molecule has 3 rings (SSSR count). The minimum atomic E-state index is -1.02. The number of aromatic hydroxyl groups is 1. The van der Waals surface area contributed by atoms with E-state index in [1.807, 2.05) is 39.8 Å². The number of carbonyl (C=O) groups is 3. The summed E-state index contributed by atoms with van der Waals surface area (Å²) >= 11 is 0. The molecule has 0 radical (unpaired) electrons. The van der Waals surface area contributed by atoms with Crippen LogP contribution in [-0.4, -0.2) is 35.7 Å². The first-order chi connectivity index (χ1) is 14.1. The van der Waals surface area contributed by atoms with E-state index in [1.165, 1.54) is 13.2 Å². The Morgan fingerprint density at radius 1 is 1.17 bits per heavy atom. The van der Waals surface area contributed by atoms with Crippen molar-refractivity contribution in [2.75, 3.05) is 7.11 Å². The smallest absolute Gasteiger partial charge is 0.181 e. The van der Waals surface area contributed by atoms with Crippen LogP contribution in [0.15, 0.2) is 29.4 Å². The number of carbonyl (C=O) groups excluding carboxylic acids is 3. The summed E-state index contributed by atoms with van der Waals surface area (Å²) in [4.78, 5) is 39.3. The normalized spacial score (nSPS) is 22.6. The molecule has 3 unspecified atom stereocenters. The number of ether oxygens (including phenoxy) is 2. The van der Waals surface area contributed by atoms with Crippen molar-refractivity contribution in [3.05, 3.63) is 40.5 Å². The number of methoxy groups -OCH3 is 1. The average Bonchev–Trinajstić information content (AvgIpc) is 2.64. The van der Waals surface area contributed by atoms with Crippen LogP contribution in [0.25, 0.3) is 0 Å². The molecule has 30 heavy (non-hydrogen) atoms. The van der Waals surface area contributed by atoms with Gasteiger partial charge in [-0.15, -0.1) is 0 Å². The molecule has 1 heterocycles. The lowest BCUT2D eigenvalue weighted by molar-refractivity contribution is -0.141. The largest absolute Gasteiger partial charge is 0.504 e. The standard InChI is InChI=1S/C24H28O6/c1-12(2)6-8-14-16(25)10-19-21(22(14)27)23(28)20-15(9-7-13(3)4)24(29-5)17(26)11-18(20)30-19/h6-7,11,14,19,21,26H,8-10H2,1-5H3. The van der Waals surface area contributed by atoms with E-state index in [0.29, 0.717) is 18.4 Å². The van der Waals surface area contributed by atoms with Gasteiger partial charge in [-0.25, -0.2) is 0 Å². The highest BCUT2D eigenvalue weighted by Crippen LogP contribution is 2.46.